The average molecular weight is 919 g/mol. The zero-order valence-corrected chi connectivity index (χ0v) is 46.2. The first-order valence-corrected chi connectivity index (χ1v) is 31.7. The first-order chi connectivity index (χ1) is 32.8. The van der Waals surface area contributed by atoms with Gasteiger partial charge in [0.1, 0.15) is 0 Å². The second kappa shape index (κ2) is 55.2. The zero-order chi connectivity index (χ0) is 47.2. The molecule has 1 aromatic carbocycles. The van der Waals surface area contributed by atoms with Gasteiger partial charge in [-0.05, 0) is 55.2 Å². The van der Waals surface area contributed by atoms with Crippen molar-refractivity contribution in [3.05, 3.63) is 41.8 Å². The van der Waals surface area contributed by atoms with Gasteiger partial charge in [-0.1, -0.05) is 366 Å². The van der Waals surface area contributed by atoms with Crippen LogP contribution in [0.25, 0.3) is 0 Å². The molecule has 0 saturated carbocycles. The largest absolute Gasteiger partial charge is 0.0654 e. The third kappa shape index (κ3) is 45.7. The summed E-state index contributed by atoms with van der Waals surface area (Å²) in [6.07, 6.45) is 82.3. The lowest BCUT2D eigenvalue weighted by Gasteiger charge is -2.15. The Bertz CT molecular complexity index is 947. The molecule has 0 amide bonds. The van der Waals surface area contributed by atoms with Crippen LogP contribution in [0, 0.1) is 6.92 Å². The molecule has 0 bridgehead atoms. The van der Waals surface area contributed by atoms with Crippen LogP contribution in [-0.2, 0) is 19.3 Å². The Balaban J connectivity index is 1.91. The van der Waals surface area contributed by atoms with Crippen LogP contribution in [0.2, 0.25) is 0 Å². The quantitative estimate of drug-likeness (QED) is 0.0571. The molecule has 0 nitrogen and oxygen atoms in total. The van der Waals surface area contributed by atoms with Crippen LogP contribution in [0.4, 0.5) is 0 Å². The summed E-state index contributed by atoms with van der Waals surface area (Å²) >= 11 is 0. The highest BCUT2D eigenvalue weighted by Gasteiger charge is 2.09. The van der Waals surface area contributed by atoms with E-state index >= 15 is 0 Å². The lowest BCUT2D eigenvalue weighted by Crippen LogP contribution is -2.02. The molecule has 66 heavy (non-hydrogen) atoms. The summed E-state index contributed by atoms with van der Waals surface area (Å²) in [5.41, 5.74) is 5.04. The van der Waals surface area contributed by atoms with E-state index in [9.17, 15) is 0 Å². The third-order valence-electron chi connectivity index (χ3n) is 15.6. The Labute approximate surface area is 419 Å². The van der Waals surface area contributed by atoms with Crippen molar-refractivity contribution in [1.82, 2.24) is 0 Å². The molecule has 0 aliphatic rings. The normalized spacial score (nSPS) is 11.7. The lowest BCUT2D eigenvalue weighted by molar-refractivity contribution is 0.515. The van der Waals surface area contributed by atoms with Gasteiger partial charge in [0.05, 0.1) is 0 Å². The van der Waals surface area contributed by atoms with Gasteiger partial charge in [-0.3, -0.25) is 0 Å². The van der Waals surface area contributed by atoms with Crippen LogP contribution in [0.1, 0.15) is 377 Å². The number of hydrogen-bond acceptors (Lipinski definition) is 0. The number of hydrogen-bond donors (Lipinski definition) is 0. The van der Waals surface area contributed by atoms with Gasteiger partial charge in [-0.15, -0.1) is 0 Å². The molecule has 0 aliphatic carbocycles. The van der Waals surface area contributed by atoms with Gasteiger partial charge in [0, 0.05) is 0 Å². The Morgan fingerprint density at radius 3 is 0.591 bits per heavy atom. The maximum absolute atomic E-state index is 4.19. The molecule has 0 fully saturated rings. The van der Waals surface area contributed by atoms with Gasteiger partial charge in [0.2, 0.25) is 0 Å². The van der Waals surface area contributed by atoms with Crippen molar-refractivity contribution in [2.24, 2.45) is 0 Å². The van der Waals surface area contributed by atoms with Gasteiger partial charge in [-0.25, -0.2) is 0 Å². The van der Waals surface area contributed by atoms with E-state index in [0.717, 1.165) is 6.42 Å². The molecule has 0 N–H and O–H groups in total. The van der Waals surface area contributed by atoms with Crippen LogP contribution < -0.4 is 0 Å². The number of unbranched alkanes of at least 4 members (excludes halogenated alkanes) is 51. The Morgan fingerprint density at radius 2 is 0.409 bits per heavy atom. The predicted octanol–water partition coefficient (Wildman–Crippen LogP) is 24.3. The second-order valence-corrected chi connectivity index (χ2v) is 22.2. The average Bonchev–Trinajstić information content (AvgIpc) is 3.33. The highest BCUT2D eigenvalue weighted by atomic mass is 14.1. The third-order valence-corrected chi connectivity index (χ3v) is 15.6. The van der Waals surface area contributed by atoms with E-state index in [-0.39, 0.29) is 0 Å². The summed E-state index contributed by atoms with van der Waals surface area (Å²) in [7, 11) is 0. The van der Waals surface area contributed by atoms with Gasteiger partial charge in [0.25, 0.3) is 0 Å². The molecule has 0 saturated heterocycles. The first kappa shape index (κ1) is 63.2. The van der Waals surface area contributed by atoms with Crippen molar-refractivity contribution in [3.63, 3.8) is 0 Å². The first-order valence-electron chi connectivity index (χ1n) is 31.7. The number of rotatable bonds is 57. The fourth-order valence-electron chi connectivity index (χ4n) is 11.0. The molecule has 0 heterocycles. The fourth-order valence-corrected chi connectivity index (χ4v) is 11.0. The van der Waals surface area contributed by atoms with Crippen molar-refractivity contribution in [2.45, 2.75) is 380 Å². The van der Waals surface area contributed by atoms with Gasteiger partial charge >= 0.3 is 0 Å². The zero-order valence-electron chi connectivity index (χ0n) is 46.2. The maximum atomic E-state index is 4.19. The van der Waals surface area contributed by atoms with E-state index < -0.39 is 0 Å². The number of benzene rings is 1. The summed E-state index contributed by atoms with van der Waals surface area (Å²) in [6.45, 7) is 8.82. The molecule has 0 aromatic heterocycles. The van der Waals surface area contributed by atoms with E-state index in [4.69, 9.17) is 0 Å². The van der Waals surface area contributed by atoms with Crippen LogP contribution >= 0.6 is 0 Å². The summed E-state index contributed by atoms with van der Waals surface area (Å²) in [6, 6.07) is 7.30. The summed E-state index contributed by atoms with van der Waals surface area (Å²) in [4.78, 5) is 0. The molecule has 0 spiro atoms. The molecule has 0 unspecified atom stereocenters. The second-order valence-electron chi connectivity index (χ2n) is 22.2. The molecule has 1 radical (unpaired) electrons. The monoisotopic (exact) mass is 918 g/mol. The molecule has 0 heteroatoms. The molecule has 389 valence electrons. The van der Waals surface area contributed by atoms with E-state index in [1.54, 1.807) is 16.7 Å². The van der Waals surface area contributed by atoms with Gasteiger partial charge in [0.15, 0.2) is 0 Å². The van der Waals surface area contributed by atoms with Crippen molar-refractivity contribution in [3.8, 4) is 0 Å². The minimum Gasteiger partial charge on any atom is -0.0654 e. The summed E-state index contributed by atoms with van der Waals surface area (Å²) in [5.74, 6) is 0. The van der Waals surface area contributed by atoms with E-state index in [1.807, 2.05) is 0 Å². The van der Waals surface area contributed by atoms with Crippen molar-refractivity contribution < 1.29 is 0 Å². The maximum Gasteiger partial charge on any atom is -0.0273 e. The molecule has 1 rings (SSSR count). The highest BCUT2D eigenvalue weighted by molar-refractivity contribution is 5.36. The molecule has 1 aromatic rings. The highest BCUT2D eigenvalue weighted by Crippen LogP contribution is 2.24. The van der Waals surface area contributed by atoms with Crippen molar-refractivity contribution >= 4 is 0 Å². The number of aryl methyl sites for hydroxylation is 2. The van der Waals surface area contributed by atoms with E-state index in [1.165, 1.54) is 360 Å². The van der Waals surface area contributed by atoms with Gasteiger partial charge in [-0.2, -0.15) is 0 Å². The van der Waals surface area contributed by atoms with Crippen molar-refractivity contribution in [2.75, 3.05) is 0 Å². The summed E-state index contributed by atoms with van der Waals surface area (Å²) in [5, 5.41) is 0. The Kier molecular flexibility index (Phi) is 52.8. The summed E-state index contributed by atoms with van der Waals surface area (Å²) < 4.78 is 0. The minimum absolute atomic E-state index is 1.06. The standard InChI is InChI=1S/C66H125/c1-4-7-10-12-14-16-18-20-22-24-26-28-30-32-34-36-38-40-42-44-46-48-50-52-54-56-59-64-61-58-62-65(66(64)63-9-6-3)60-57-55-53-51-49-47-45-43-41-39-37-35-33-31-29-27-25-23-21-19-17-15-13-11-8-5-2/h58,61-62H,3-57,59-60,63H2,1-2H3. The van der Waals surface area contributed by atoms with Crippen LogP contribution in [0.5, 0.6) is 0 Å². The van der Waals surface area contributed by atoms with Crippen LogP contribution in [0.3, 0.4) is 0 Å². The fraction of sp³-hybridized carbons (Fsp3) is 0.894. The topological polar surface area (TPSA) is 0 Å². The van der Waals surface area contributed by atoms with Crippen LogP contribution in [0.15, 0.2) is 18.2 Å². The predicted molar refractivity (Wildman–Crippen MR) is 304 cm³/mol. The SMILES string of the molecule is [CH2]CCCc1c(CCCCCCCCCCCCCCCCCCCCCCCCCCCC)cccc1CCCCCCCCCCCCCCCCCCCCCCCCCCCC. The smallest absolute Gasteiger partial charge is 0.0273 e. The van der Waals surface area contributed by atoms with E-state index in [0.29, 0.717) is 0 Å². The Morgan fingerprint density at radius 1 is 0.227 bits per heavy atom. The Hall–Kier alpha value is -0.780. The lowest BCUT2D eigenvalue weighted by atomic mass is 9.90. The molecule has 0 atom stereocenters. The molecule has 0 aliphatic heterocycles. The molecular weight excluding hydrogens is 793 g/mol. The minimum atomic E-state index is 1.06. The molecular formula is C66H125. The van der Waals surface area contributed by atoms with Crippen molar-refractivity contribution in [1.29, 1.82) is 0 Å². The van der Waals surface area contributed by atoms with Gasteiger partial charge < -0.3 is 0 Å². The van der Waals surface area contributed by atoms with E-state index in [2.05, 4.69) is 39.0 Å². The van der Waals surface area contributed by atoms with Crippen LogP contribution in [-0.4, -0.2) is 0 Å².